The Labute approximate surface area is 125 Å². The second-order valence-electron chi connectivity index (χ2n) is 4.72. The van der Waals surface area contributed by atoms with Crippen LogP contribution in [0.1, 0.15) is 12.8 Å². The number of piperidine rings is 1. The number of benzene rings is 1. The summed E-state index contributed by atoms with van der Waals surface area (Å²) in [5.74, 6) is -0.564. The molecular formula is C14H16BrNO4. The molecular weight excluding hydrogens is 326 g/mol. The van der Waals surface area contributed by atoms with Crippen LogP contribution in [0.5, 0.6) is 5.75 Å². The Morgan fingerprint density at radius 1 is 1.40 bits per heavy atom. The van der Waals surface area contributed by atoms with Crippen molar-refractivity contribution in [1.82, 2.24) is 4.90 Å². The van der Waals surface area contributed by atoms with Crippen LogP contribution in [0.3, 0.4) is 0 Å². The molecule has 6 heteroatoms. The molecule has 1 aliphatic rings. The van der Waals surface area contributed by atoms with Gasteiger partial charge in [-0.1, -0.05) is 15.9 Å². The predicted octanol–water partition coefficient (Wildman–Crippen LogP) is 2.15. The van der Waals surface area contributed by atoms with Gasteiger partial charge in [0, 0.05) is 17.4 Å². The second-order valence-corrected chi connectivity index (χ2v) is 5.63. The number of nitrogens with zero attached hydrogens (tertiary/aromatic N) is 1. The van der Waals surface area contributed by atoms with Crippen LogP contribution in [0.15, 0.2) is 28.7 Å². The van der Waals surface area contributed by atoms with Gasteiger partial charge in [-0.05, 0) is 30.7 Å². The van der Waals surface area contributed by atoms with Gasteiger partial charge in [0.15, 0.2) is 0 Å². The van der Waals surface area contributed by atoms with Crippen LogP contribution in [0.4, 0.5) is 0 Å². The summed E-state index contributed by atoms with van der Waals surface area (Å²) < 4.78 is 6.52. The lowest BCUT2D eigenvalue weighted by molar-refractivity contribution is -0.147. The molecule has 0 radical (unpaired) electrons. The topological polar surface area (TPSA) is 66.8 Å². The van der Waals surface area contributed by atoms with Crippen molar-refractivity contribution >= 4 is 27.8 Å². The molecule has 1 atom stereocenters. The molecule has 1 heterocycles. The van der Waals surface area contributed by atoms with E-state index in [9.17, 15) is 9.59 Å². The number of ether oxygens (including phenoxy) is 1. The highest BCUT2D eigenvalue weighted by Gasteiger charge is 2.29. The van der Waals surface area contributed by atoms with Crippen molar-refractivity contribution in [3.63, 3.8) is 0 Å². The summed E-state index contributed by atoms with van der Waals surface area (Å²) in [6, 6.07) is 7.42. The molecule has 1 amide bonds. The number of aliphatic carboxylic acids is 1. The maximum absolute atomic E-state index is 11.7. The van der Waals surface area contributed by atoms with Gasteiger partial charge in [-0.15, -0.1) is 0 Å². The van der Waals surface area contributed by atoms with Crippen LogP contribution in [0.2, 0.25) is 0 Å². The molecule has 0 saturated carbocycles. The maximum atomic E-state index is 11.7. The van der Waals surface area contributed by atoms with E-state index in [0.717, 1.165) is 10.2 Å². The van der Waals surface area contributed by atoms with E-state index < -0.39 is 11.9 Å². The lowest BCUT2D eigenvalue weighted by atomic mass is 9.98. The van der Waals surface area contributed by atoms with Crippen molar-refractivity contribution in [2.75, 3.05) is 19.7 Å². The fourth-order valence-corrected chi connectivity index (χ4v) is 2.40. The third-order valence-electron chi connectivity index (χ3n) is 3.29. The van der Waals surface area contributed by atoms with Crippen LogP contribution in [0.25, 0.3) is 0 Å². The summed E-state index contributed by atoms with van der Waals surface area (Å²) in [5, 5.41) is 9.00. The average molecular weight is 342 g/mol. The standard InChI is InChI=1S/C14H16BrNO4/c15-11-2-4-12(5-3-11)20-8-7-16-9-10(14(18)19)1-6-13(16)17/h2-5,10H,1,6-9H2,(H,18,19). The van der Waals surface area contributed by atoms with Gasteiger partial charge in [0.05, 0.1) is 12.5 Å². The molecule has 0 aliphatic carbocycles. The number of amides is 1. The molecule has 0 spiro atoms. The Morgan fingerprint density at radius 2 is 2.10 bits per heavy atom. The monoisotopic (exact) mass is 341 g/mol. The number of likely N-dealkylation sites (tertiary alicyclic amines) is 1. The van der Waals surface area contributed by atoms with E-state index in [-0.39, 0.29) is 12.5 Å². The van der Waals surface area contributed by atoms with Gasteiger partial charge in [-0.2, -0.15) is 0 Å². The fourth-order valence-electron chi connectivity index (χ4n) is 2.14. The Kier molecular flexibility index (Phi) is 5.00. The van der Waals surface area contributed by atoms with E-state index in [2.05, 4.69) is 15.9 Å². The summed E-state index contributed by atoms with van der Waals surface area (Å²) in [6.07, 6.45) is 0.730. The molecule has 2 rings (SSSR count). The quantitative estimate of drug-likeness (QED) is 0.890. The Bertz CT molecular complexity index is 488. The molecule has 1 fully saturated rings. The largest absolute Gasteiger partial charge is 0.492 e. The molecule has 1 aliphatic heterocycles. The number of hydrogen-bond donors (Lipinski definition) is 1. The van der Waals surface area contributed by atoms with Crippen LogP contribution in [-0.2, 0) is 9.59 Å². The molecule has 1 aromatic carbocycles. The van der Waals surface area contributed by atoms with Gasteiger partial charge in [-0.3, -0.25) is 9.59 Å². The first kappa shape index (κ1) is 14.8. The van der Waals surface area contributed by atoms with E-state index in [1.54, 1.807) is 4.90 Å². The Morgan fingerprint density at radius 3 is 2.75 bits per heavy atom. The van der Waals surface area contributed by atoms with Gasteiger partial charge in [0.1, 0.15) is 12.4 Å². The van der Waals surface area contributed by atoms with E-state index in [1.807, 2.05) is 24.3 Å². The molecule has 20 heavy (non-hydrogen) atoms. The highest BCUT2D eigenvalue weighted by atomic mass is 79.9. The zero-order valence-corrected chi connectivity index (χ0v) is 12.5. The normalized spacial score (nSPS) is 18.9. The zero-order valence-electron chi connectivity index (χ0n) is 10.9. The molecule has 108 valence electrons. The molecule has 5 nitrogen and oxygen atoms in total. The third kappa shape index (κ3) is 3.96. The fraction of sp³-hybridized carbons (Fsp3) is 0.429. The zero-order chi connectivity index (χ0) is 14.5. The summed E-state index contributed by atoms with van der Waals surface area (Å²) in [4.78, 5) is 24.3. The predicted molar refractivity (Wildman–Crippen MR) is 76.6 cm³/mol. The van der Waals surface area contributed by atoms with Gasteiger partial charge >= 0.3 is 5.97 Å². The summed E-state index contributed by atoms with van der Waals surface area (Å²) in [7, 11) is 0. The maximum Gasteiger partial charge on any atom is 0.308 e. The second kappa shape index (κ2) is 6.74. The van der Waals surface area contributed by atoms with Crippen molar-refractivity contribution < 1.29 is 19.4 Å². The number of carbonyl (C=O) groups excluding carboxylic acids is 1. The number of carboxylic acids is 1. The van der Waals surface area contributed by atoms with Crippen molar-refractivity contribution in [2.45, 2.75) is 12.8 Å². The van der Waals surface area contributed by atoms with Crippen molar-refractivity contribution in [3.05, 3.63) is 28.7 Å². The molecule has 1 aromatic rings. The minimum Gasteiger partial charge on any atom is -0.492 e. The minimum absolute atomic E-state index is 0.00176. The number of rotatable bonds is 5. The van der Waals surface area contributed by atoms with Crippen LogP contribution in [-0.4, -0.2) is 41.6 Å². The van der Waals surface area contributed by atoms with Gasteiger partial charge in [-0.25, -0.2) is 0 Å². The summed E-state index contributed by atoms with van der Waals surface area (Å²) in [6.45, 7) is 1.05. The van der Waals surface area contributed by atoms with Crippen LogP contribution in [0, 0.1) is 5.92 Å². The minimum atomic E-state index is -0.837. The molecule has 1 unspecified atom stereocenters. The smallest absolute Gasteiger partial charge is 0.308 e. The highest BCUT2D eigenvalue weighted by molar-refractivity contribution is 9.10. The van der Waals surface area contributed by atoms with E-state index in [4.69, 9.17) is 9.84 Å². The Hall–Kier alpha value is -1.56. The van der Waals surface area contributed by atoms with Crippen molar-refractivity contribution in [3.8, 4) is 5.75 Å². The summed E-state index contributed by atoms with van der Waals surface area (Å²) in [5.41, 5.74) is 0. The average Bonchev–Trinajstić information content (AvgIpc) is 2.43. The molecule has 0 aromatic heterocycles. The lowest BCUT2D eigenvalue weighted by Crippen LogP contribution is -2.44. The first-order valence-corrected chi connectivity index (χ1v) is 7.24. The van der Waals surface area contributed by atoms with E-state index in [1.165, 1.54) is 0 Å². The molecule has 0 bridgehead atoms. The van der Waals surface area contributed by atoms with E-state index in [0.29, 0.717) is 26.0 Å². The number of carboxylic acid groups (broad SMARTS) is 1. The number of hydrogen-bond acceptors (Lipinski definition) is 3. The summed E-state index contributed by atoms with van der Waals surface area (Å²) >= 11 is 3.34. The Balaban J connectivity index is 1.81. The third-order valence-corrected chi connectivity index (χ3v) is 3.82. The first-order chi connectivity index (χ1) is 9.56. The molecule has 1 saturated heterocycles. The van der Waals surface area contributed by atoms with Crippen LogP contribution < -0.4 is 4.74 Å². The van der Waals surface area contributed by atoms with Gasteiger partial charge < -0.3 is 14.7 Å². The van der Waals surface area contributed by atoms with Crippen LogP contribution >= 0.6 is 15.9 Å². The van der Waals surface area contributed by atoms with Crippen molar-refractivity contribution in [2.24, 2.45) is 5.92 Å². The van der Waals surface area contributed by atoms with E-state index >= 15 is 0 Å². The van der Waals surface area contributed by atoms with Gasteiger partial charge in [0.25, 0.3) is 0 Å². The van der Waals surface area contributed by atoms with Gasteiger partial charge in [0.2, 0.25) is 5.91 Å². The SMILES string of the molecule is O=C(O)C1CCC(=O)N(CCOc2ccc(Br)cc2)C1. The number of carbonyl (C=O) groups is 2. The van der Waals surface area contributed by atoms with Crippen molar-refractivity contribution in [1.29, 1.82) is 0 Å². The highest BCUT2D eigenvalue weighted by Crippen LogP contribution is 2.18. The molecule has 1 N–H and O–H groups in total. The first-order valence-electron chi connectivity index (χ1n) is 6.45. The number of halogens is 1. The lowest BCUT2D eigenvalue weighted by Gasteiger charge is -2.30.